The van der Waals surface area contributed by atoms with E-state index in [9.17, 15) is 4.79 Å². The number of ether oxygens (including phenoxy) is 3. The van der Waals surface area contributed by atoms with Gasteiger partial charge in [0.2, 0.25) is 5.88 Å². The molecule has 4 heterocycles. The number of halogens is 1. The average Bonchev–Trinajstić information content (AvgIpc) is 3.24. The third-order valence-electron chi connectivity index (χ3n) is 7.34. The predicted molar refractivity (Wildman–Crippen MR) is 150 cm³/mol. The van der Waals surface area contributed by atoms with Crippen molar-refractivity contribution in [2.45, 2.75) is 51.0 Å². The Kier molecular flexibility index (Phi) is 7.81. The summed E-state index contributed by atoms with van der Waals surface area (Å²) < 4.78 is 19.3. The Balaban J connectivity index is 1.08. The predicted octanol–water partition coefficient (Wildman–Crippen LogP) is 4.36. The van der Waals surface area contributed by atoms with Gasteiger partial charge in [0.1, 0.15) is 23.5 Å². The molecule has 4 aromatic rings. The molecule has 2 aliphatic rings. The monoisotopic (exact) mass is 562 g/mol. The molecule has 2 aromatic heterocycles. The molecule has 2 aliphatic heterocycles. The van der Waals surface area contributed by atoms with Crippen LogP contribution in [-0.2, 0) is 24.2 Å². The summed E-state index contributed by atoms with van der Waals surface area (Å²) in [6.45, 7) is 4.01. The molecule has 2 N–H and O–H groups in total. The van der Waals surface area contributed by atoms with E-state index in [1.165, 1.54) is 0 Å². The van der Waals surface area contributed by atoms with Gasteiger partial charge in [-0.1, -0.05) is 23.7 Å². The molecule has 208 valence electrons. The van der Waals surface area contributed by atoms with E-state index in [0.29, 0.717) is 29.6 Å². The maximum absolute atomic E-state index is 11.2. The molecule has 0 spiro atoms. The number of carbonyl (C=O) groups is 1. The first kappa shape index (κ1) is 26.5. The lowest BCUT2D eigenvalue weighted by molar-refractivity contribution is -0.0592. The van der Waals surface area contributed by atoms with Crippen molar-refractivity contribution in [1.82, 2.24) is 24.4 Å². The average molecular weight is 563 g/mol. The third-order valence-corrected chi connectivity index (χ3v) is 7.59. The molecule has 6 rings (SSSR count). The van der Waals surface area contributed by atoms with Gasteiger partial charge in [0.15, 0.2) is 0 Å². The highest BCUT2D eigenvalue weighted by atomic mass is 35.5. The summed E-state index contributed by atoms with van der Waals surface area (Å²) in [5.74, 6) is 2.67. The molecular weight excluding hydrogens is 532 g/mol. The molecule has 0 saturated carbocycles. The molecule has 0 bridgehead atoms. The molecule has 10 nitrogen and oxygen atoms in total. The zero-order valence-electron chi connectivity index (χ0n) is 22.0. The van der Waals surface area contributed by atoms with Gasteiger partial charge in [0.25, 0.3) is 0 Å². The Morgan fingerprint density at radius 1 is 1.07 bits per heavy atom. The van der Waals surface area contributed by atoms with Gasteiger partial charge in [-0.15, -0.1) is 0 Å². The number of primary amides is 1. The van der Waals surface area contributed by atoms with Crippen LogP contribution in [0, 0.1) is 0 Å². The highest BCUT2D eigenvalue weighted by Crippen LogP contribution is 2.26. The standard InChI is InChI=1S/C29H31ClN6O4/c30-20-3-1-19(2-4-20)15-26-32-11-7-28(34-26)39-21-8-12-35(13-9-21)18-27-33-24-16-22(40-29(31)37)5-6-25(24)36(27)17-23-10-14-38-23/h1-7,11,16,21,23H,8-10,12-15,17-18H2,(H2,31,37)/t23-/m0/s1. The molecule has 2 aromatic carbocycles. The number of imidazole rings is 1. The van der Waals surface area contributed by atoms with E-state index >= 15 is 0 Å². The molecule has 11 heteroatoms. The van der Waals surface area contributed by atoms with E-state index in [1.54, 1.807) is 18.3 Å². The molecule has 40 heavy (non-hydrogen) atoms. The number of benzene rings is 2. The maximum Gasteiger partial charge on any atom is 0.409 e. The maximum atomic E-state index is 11.2. The summed E-state index contributed by atoms with van der Waals surface area (Å²) >= 11 is 6.00. The third kappa shape index (κ3) is 6.35. The van der Waals surface area contributed by atoms with Crippen LogP contribution >= 0.6 is 11.6 Å². The quantitative estimate of drug-likeness (QED) is 0.320. The zero-order valence-corrected chi connectivity index (χ0v) is 22.8. The second kappa shape index (κ2) is 11.8. The highest BCUT2D eigenvalue weighted by molar-refractivity contribution is 6.30. The number of hydrogen-bond donors (Lipinski definition) is 1. The van der Waals surface area contributed by atoms with Crippen LogP contribution in [0.25, 0.3) is 11.0 Å². The summed E-state index contributed by atoms with van der Waals surface area (Å²) in [6.07, 6.45) is 4.62. The van der Waals surface area contributed by atoms with E-state index in [-0.39, 0.29) is 12.2 Å². The second-order valence-electron chi connectivity index (χ2n) is 10.2. The number of carbonyl (C=O) groups excluding carboxylic acids is 1. The molecule has 2 saturated heterocycles. The summed E-state index contributed by atoms with van der Waals surface area (Å²) in [5.41, 5.74) is 8.04. The Hall–Kier alpha value is -3.73. The number of piperidine rings is 1. The van der Waals surface area contributed by atoms with Gasteiger partial charge in [-0.2, -0.15) is 4.98 Å². The molecule has 0 aliphatic carbocycles. The van der Waals surface area contributed by atoms with Crippen LogP contribution in [0.1, 0.15) is 36.5 Å². The van der Waals surface area contributed by atoms with Gasteiger partial charge in [0.05, 0.1) is 30.2 Å². The largest absolute Gasteiger partial charge is 0.474 e. The van der Waals surface area contributed by atoms with Crippen molar-refractivity contribution in [2.75, 3.05) is 19.7 Å². The minimum atomic E-state index is -0.841. The lowest BCUT2D eigenvalue weighted by Crippen LogP contribution is -2.39. The Bertz CT molecular complexity index is 1480. The van der Waals surface area contributed by atoms with Crippen LogP contribution in [0.2, 0.25) is 5.02 Å². The van der Waals surface area contributed by atoms with E-state index in [4.69, 9.17) is 36.5 Å². The number of fused-ring (bicyclic) bond motifs is 1. The summed E-state index contributed by atoms with van der Waals surface area (Å²) in [7, 11) is 0. The fourth-order valence-electron chi connectivity index (χ4n) is 5.17. The molecule has 1 amide bonds. The van der Waals surface area contributed by atoms with Crippen molar-refractivity contribution in [3.05, 3.63) is 77.0 Å². The number of likely N-dealkylation sites (tertiary alicyclic amines) is 1. The van der Waals surface area contributed by atoms with E-state index in [2.05, 4.69) is 19.4 Å². The number of hydrogen-bond acceptors (Lipinski definition) is 8. The first-order chi connectivity index (χ1) is 19.5. The van der Waals surface area contributed by atoms with Gasteiger partial charge in [-0.25, -0.2) is 14.8 Å². The first-order valence-electron chi connectivity index (χ1n) is 13.5. The fraction of sp³-hybridized carbons (Fsp3) is 0.379. The number of aromatic nitrogens is 4. The van der Waals surface area contributed by atoms with Crippen molar-refractivity contribution < 1.29 is 19.0 Å². The summed E-state index contributed by atoms with van der Waals surface area (Å²) in [4.78, 5) is 27.5. The topological polar surface area (TPSA) is 118 Å². The highest BCUT2D eigenvalue weighted by Gasteiger charge is 2.26. The fourth-order valence-corrected chi connectivity index (χ4v) is 5.29. The minimum Gasteiger partial charge on any atom is -0.474 e. The Morgan fingerprint density at radius 2 is 1.88 bits per heavy atom. The summed E-state index contributed by atoms with van der Waals surface area (Å²) in [6, 6.07) is 14.9. The van der Waals surface area contributed by atoms with Crippen LogP contribution < -0.4 is 15.2 Å². The van der Waals surface area contributed by atoms with Crippen molar-refractivity contribution >= 4 is 28.7 Å². The lowest BCUT2D eigenvalue weighted by atomic mass is 10.1. The SMILES string of the molecule is NC(=O)Oc1ccc2c(c1)nc(CN1CCC(Oc3ccnc(Cc4ccc(Cl)cc4)n3)CC1)n2C[C@@H]1CCO1. The molecule has 0 unspecified atom stereocenters. The first-order valence-corrected chi connectivity index (χ1v) is 13.9. The van der Waals surface area contributed by atoms with E-state index in [0.717, 1.165) is 73.7 Å². The smallest absolute Gasteiger partial charge is 0.409 e. The van der Waals surface area contributed by atoms with Crippen LogP contribution in [0.3, 0.4) is 0 Å². The van der Waals surface area contributed by atoms with Crippen molar-refractivity contribution in [3.8, 4) is 11.6 Å². The van der Waals surface area contributed by atoms with Gasteiger partial charge in [0, 0.05) is 49.5 Å². The second-order valence-corrected chi connectivity index (χ2v) is 10.6. The van der Waals surface area contributed by atoms with Gasteiger partial charge in [-0.05, 0) is 49.1 Å². The molecule has 0 radical (unpaired) electrons. The van der Waals surface area contributed by atoms with Gasteiger partial charge in [-0.3, -0.25) is 4.90 Å². The zero-order chi connectivity index (χ0) is 27.5. The normalized spacial score (nSPS) is 18.0. The van der Waals surface area contributed by atoms with E-state index in [1.807, 2.05) is 36.4 Å². The Labute approximate surface area is 237 Å². The van der Waals surface area contributed by atoms with Crippen LogP contribution in [0.4, 0.5) is 4.79 Å². The van der Waals surface area contributed by atoms with Gasteiger partial charge < -0.3 is 24.5 Å². The molecular formula is C29H31ClN6O4. The lowest BCUT2D eigenvalue weighted by Gasteiger charge is -2.32. The number of nitrogens with two attached hydrogens (primary N) is 1. The Morgan fingerprint density at radius 3 is 2.60 bits per heavy atom. The van der Waals surface area contributed by atoms with Crippen molar-refractivity contribution in [1.29, 1.82) is 0 Å². The van der Waals surface area contributed by atoms with Crippen molar-refractivity contribution in [2.24, 2.45) is 5.73 Å². The molecule has 1 atom stereocenters. The van der Waals surface area contributed by atoms with Crippen LogP contribution in [0.15, 0.2) is 54.7 Å². The van der Waals surface area contributed by atoms with Crippen LogP contribution in [-0.4, -0.2) is 62.4 Å². The van der Waals surface area contributed by atoms with Crippen LogP contribution in [0.5, 0.6) is 11.6 Å². The van der Waals surface area contributed by atoms with E-state index < -0.39 is 6.09 Å². The van der Waals surface area contributed by atoms with Crippen molar-refractivity contribution in [3.63, 3.8) is 0 Å². The molecule has 2 fully saturated rings. The van der Waals surface area contributed by atoms with Gasteiger partial charge >= 0.3 is 6.09 Å². The number of rotatable bonds is 9. The minimum absolute atomic E-state index is 0.0882. The number of nitrogens with zero attached hydrogens (tertiary/aromatic N) is 5. The summed E-state index contributed by atoms with van der Waals surface area (Å²) in [5, 5.41) is 0.710. The number of amides is 1.